The molecule has 1 unspecified atom stereocenters. The Morgan fingerprint density at radius 3 is 2.39 bits per heavy atom. The lowest BCUT2D eigenvalue weighted by Crippen LogP contribution is -2.52. The lowest BCUT2D eigenvalue weighted by molar-refractivity contribution is -0.117. The van der Waals surface area contributed by atoms with Gasteiger partial charge in [0.2, 0.25) is 5.91 Å². The molecule has 1 N–H and O–H groups in total. The van der Waals surface area contributed by atoms with Gasteiger partial charge in [-0.25, -0.2) is 9.80 Å². The molecule has 174 valence electrons. The lowest BCUT2D eigenvalue weighted by atomic mass is 9.97. The molecule has 2 aromatic rings. The second kappa shape index (κ2) is 8.68. The van der Waals surface area contributed by atoms with Crippen LogP contribution in [0.25, 0.3) is 0 Å². The van der Waals surface area contributed by atoms with Crippen molar-refractivity contribution in [3.05, 3.63) is 48.0 Å². The van der Waals surface area contributed by atoms with E-state index in [4.69, 9.17) is 9.47 Å². The molecule has 2 atom stereocenters. The number of benzene rings is 2. The number of methoxy groups -OCH3 is 1. The first-order valence-electron chi connectivity index (χ1n) is 11.5. The molecule has 8 heteroatoms. The molecule has 0 spiro atoms. The molecule has 0 radical (unpaired) electrons. The zero-order valence-corrected chi connectivity index (χ0v) is 19.3. The summed E-state index contributed by atoms with van der Waals surface area (Å²) in [6, 6.07) is 13.5. The lowest BCUT2D eigenvalue weighted by Gasteiger charge is -2.40. The van der Waals surface area contributed by atoms with Gasteiger partial charge < -0.3 is 14.4 Å². The third-order valence-electron chi connectivity index (χ3n) is 6.68. The summed E-state index contributed by atoms with van der Waals surface area (Å²) in [6.45, 7) is 5.70. The van der Waals surface area contributed by atoms with Crippen LogP contribution in [0.15, 0.2) is 42.5 Å². The van der Waals surface area contributed by atoms with Crippen LogP contribution in [0.4, 0.5) is 16.2 Å². The van der Waals surface area contributed by atoms with E-state index in [0.29, 0.717) is 35.7 Å². The summed E-state index contributed by atoms with van der Waals surface area (Å²) in [5, 5.41) is 2.34. The highest BCUT2D eigenvalue weighted by molar-refractivity contribution is 6.02. The molecule has 2 aliphatic heterocycles. The third-order valence-corrected chi connectivity index (χ3v) is 6.68. The summed E-state index contributed by atoms with van der Waals surface area (Å²) in [4.78, 5) is 29.1. The van der Waals surface area contributed by atoms with E-state index < -0.39 is 6.09 Å². The van der Waals surface area contributed by atoms with Gasteiger partial charge >= 0.3 is 6.09 Å². The monoisotopic (exact) mass is 450 g/mol. The van der Waals surface area contributed by atoms with Gasteiger partial charge in [-0.15, -0.1) is 0 Å². The van der Waals surface area contributed by atoms with Gasteiger partial charge in [0.15, 0.2) is 0 Å². The zero-order valence-electron chi connectivity index (χ0n) is 19.3. The van der Waals surface area contributed by atoms with E-state index in [0.717, 1.165) is 24.3 Å². The van der Waals surface area contributed by atoms with Gasteiger partial charge in [-0.2, -0.15) is 0 Å². The first kappa shape index (κ1) is 21.7. The minimum Gasteiger partial charge on any atom is -0.497 e. The maximum absolute atomic E-state index is 13.2. The van der Waals surface area contributed by atoms with Crippen molar-refractivity contribution in [1.29, 1.82) is 0 Å². The largest absolute Gasteiger partial charge is 0.497 e. The molecule has 5 rings (SSSR count). The highest BCUT2D eigenvalue weighted by Gasteiger charge is 2.37. The number of hydrazine groups is 1. The van der Waals surface area contributed by atoms with Gasteiger partial charge in [-0.05, 0) is 61.7 Å². The SMILES string of the molecule is COc1ccc(OC(=O)N2C[C@H](C)N(C(C)=O)c3ccc(C4CNN(C5CC5)C4)cc32)cc1. The second-order valence-corrected chi connectivity index (χ2v) is 9.08. The molecule has 2 aromatic carbocycles. The van der Waals surface area contributed by atoms with Gasteiger partial charge in [0, 0.05) is 38.5 Å². The summed E-state index contributed by atoms with van der Waals surface area (Å²) in [5.74, 6) is 1.43. The predicted octanol–water partition coefficient (Wildman–Crippen LogP) is 3.52. The van der Waals surface area contributed by atoms with Crippen LogP contribution in [0, 0.1) is 0 Å². The fourth-order valence-corrected chi connectivity index (χ4v) is 4.83. The van der Waals surface area contributed by atoms with E-state index in [-0.39, 0.29) is 11.9 Å². The number of nitrogens with one attached hydrogen (secondary N) is 1. The normalized spacial score (nSPS) is 22.8. The standard InChI is InChI=1S/C25H30N4O4/c1-16-14-27(25(31)33-22-9-7-21(32-3)8-10-22)24-12-18(4-11-23(24)29(16)17(2)30)19-13-26-28(15-19)20-5-6-20/h4,7-12,16,19-20,26H,5-6,13-15H2,1-3H3/t16-,19?/m0/s1. The number of nitrogens with zero attached hydrogens (tertiary/aromatic N) is 3. The Hall–Kier alpha value is -3.10. The van der Waals surface area contributed by atoms with Crippen molar-refractivity contribution in [3.63, 3.8) is 0 Å². The van der Waals surface area contributed by atoms with Gasteiger partial charge in [0.25, 0.3) is 0 Å². The van der Waals surface area contributed by atoms with Crippen LogP contribution in [0.3, 0.4) is 0 Å². The van der Waals surface area contributed by atoms with E-state index in [1.165, 1.54) is 12.8 Å². The molecule has 0 aromatic heterocycles. The second-order valence-electron chi connectivity index (χ2n) is 9.08. The van der Waals surface area contributed by atoms with Gasteiger partial charge in [0.1, 0.15) is 11.5 Å². The first-order valence-corrected chi connectivity index (χ1v) is 11.5. The molecule has 1 aliphatic carbocycles. The number of hydrogen-bond acceptors (Lipinski definition) is 6. The quantitative estimate of drug-likeness (QED) is 0.768. The number of hydrogen-bond donors (Lipinski definition) is 1. The van der Waals surface area contributed by atoms with E-state index in [2.05, 4.69) is 22.6 Å². The van der Waals surface area contributed by atoms with Crippen LogP contribution in [0.5, 0.6) is 11.5 Å². The summed E-state index contributed by atoms with van der Waals surface area (Å²) < 4.78 is 10.9. The number of amides is 2. The average Bonchev–Trinajstić information content (AvgIpc) is 3.54. The smallest absolute Gasteiger partial charge is 0.419 e. The minimum absolute atomic E-state index is 0.0397. The van der Waals surface area contributed by atoms with Crippen molar-refractivity contribution >= 4 is 23.4 Å². The van der Waals surface area contributed by atoms with E-state index >= 15 is 0 Å². The third kappa shape index (κ3) is 4.28. The summed E-state index contributed by atoms with van der Waals surface area (Å²) in [6.07, 6.45) is 2.04. The van der Waals surface area contributed by atoms with Gasteiger partial charge in [-0.3, -0.25) is 15.1 Å². The van der Waals surface area contributed by atoms with Crippen LogP contribution in [-0.2, 0) is 4.79 Å². The van der Waals surface area contributed by atoms with Gasteiger partial charge in [0.05, 0.1) is 24.5 Å². The summed E-state index contributed by atoms with van der Waals surface area (Å²) in [7, 11) is 1.59. The van der Waals surface area contributed by atoms with Crippen molar-refractivity contribution in [3.8, 4) is 11.5 Å². The van der Waals surface area contributed by atoms with Crippen molar-refractivity contribution in [2.75, 3.05) is 36.5 Å². The molecule has 1 saturated heterocycles. The minimum atomic E-state index is -0.460. The fraction of sp³-hybridized carbons (Fsp3) is 0.440. The van der Waals surface area contributed by atoms with Crippen molar-refractivity contribution < 1.29 is 19.1 Å². The first-order chi connectivity index (χ1) is 15.9. The number of rotatable bonds is 4. The Bertz CT molecular complexity index is 1050. The van der Waals surface area contributed by atoms with E-state index in [9.17, 15) is 9.59 Å². The Morgan fingerprint density at radius 1 is 1.00 bits per heavy atom. The predicted molar refractivity (Wildman–Crippen MR) is 126 cm³/mol. The Labute approximate surface area is 194 Å². The van der Waals surface area contributed by atoms with Crippen molar-refractivity contribution in [2.24, 2.45) is 0 Å². The average molecular weight is 451 g/mol. The molecule has 2 fully saturated rings. The van der Waals surface area contributed by atoms with E-state index in [1.54, 1.807) is 48.1 Å². The molecule has 33 heavy (non-hydrogen) atoms. The maximum atomic E-state index is 13.2. The molecular formula is C25H30N4O4. The van der Waals surface area contributed by atoms with Crippen LogP contribution in [0.2, 0.25) is 0 Å². The topological polar surface area (TPSA) is 74.3 Å². The Balaban J connectivity index is 1.43. The number of anilines is 2. The maximum Gasteiger partial charge on any atom is 0.419 e. The molecule has 2 heterocycles. The molecule has 8 nitrogen and oxygen atoms in total. The zero-order chi connectivity index (χ0) is 23.1. The van der Waals surface area contributed by atoms with Crippen molar-refractivity contribution in [2.45, 2.75) is 44.7 Å². The number of fused-ring (bicyclic) bond motifs is 1. The molecule has 2 amide bonds. The summed E-state index contributed by atoms with van der Waals surface area (Å²) in [5.41, 5.74) is 6.12. The Kier molecular flexibility index (Phi) is 5.72. The highest BCUT2D eigenvalue weighted by atomic mass is 16.6. The van der Waals surface area contributed by atoms with Gasteiger partial charge in [-0.1, -0.05) is 6.07 Å². The number of carbonyl (C=O) groups excluding carboxylic acids is 2. The van der Waals surface area contributed by atoms with Crippen LogP contribution >= 0.6 is 0 Å². The van der Waals surface area contributed by atoms with Crippen LogP contribution < -0.4 is 24.7 Å². The fourth-order valence-electron chi connectivity index (χ4n) is 4.83. The molecule has 3 aliphatic rings. The molecular weight excluding hydrogens is 420 g/mol. The number of carbonyl (C=O) groups is 2. The van der Waals surface area contributed by atoms with Crippen LogP contribution in [0.1, 0.15) is 38.2 Å². The molecule has 1 saturated carbocycles. The molecule has 0 bridgehead atoms. The number of ether oxygens (including phenoxy) is 2. The highest BCUT2D eigenvalue weighted by Crippen LogP contribution is 2.40. The van der Waals surface area contributed by atoms with E-state index in [1.807, 2.05) is 13.0 Å². The van der Waals surface area contributed by atoms with Crippen molar-refractivity contribution in [1.82, 2.24) is 10.4 Å². The summed E-state index contributed by atoms with van der Waals surface area (Å²) >= 11 is 0. The Morgan fingerprint density at radius 2 is 1.73 bits per heavy atom. The van der Waals surface area contributed by atoms with Crippen LogP contribution in [-0.4, -0.2) is 55.8 Å².